The Hall–Kier alpha value is -1.91. The molecule has 2 rings (SSSR count). The molecule has 24 heavy (non-hydrogen) atoms. The molecule has 1 aromatic carbocycles. The monoisotopic (exact) mass is 332 g/mol. The Morgan fingerprint density at radius 2 is 1.92 bits per heavy atom. The van der Waals surface area contributed by atoms with Gasteiger partial charge < -0.3 is 20.9 Å². The molecule has 0 unspecified atom stereocenters. The van der Waals surface area contributed by atoms with E-state index in [0.717, 1.165) is 29.8 Å². The van der Waals surface area contributed by atoms with E-state index in [1.807, 2.05) is 51.0 Å². The van der Waals surface area contributed by atoms with Crippen LogP contribution in [0.5, 0.6) is 0 Å². The molecule has 1 aliphatic rings. The molecule has 1 aromatic rings. The second-order valence-electron chi connectivity index (χ2n) is 7.31. The molecule has 5 nitrogen and oxygen atoms in total. The van der Waals surface area contributed by atoms with Gasteiger partial charge >= 0.3 is 6.03 Å². The van der Waals surface area contributed by atoms with E-state index in [2.05, 4.69) is 10.2 Å². The van der Waals surface area contributed by atoms with Gasteiger partial charge in [0.25, 0.3) is 0 Å². The van der Waals surface area contributed by atoms with E-state index >= 15 is 0 Å². The van der Waals surface area contributed by atoms with Gasteiger partial charge in [0.1, 0.15) is 0 Å². The van der Waals surface area contributed by atoms with Gasteiger partial charge in [-0.15, -0.1) is 0 Å². The lowest BCUT2D eigenvalue weighted by molar-refractivity contribution is 0.149. The van der Waals surface area contributed by atoms with Gasteiger partial charge in [0.2, 0.25) is 0 Å². The van der Waals surface area contributed by atoms with Crippen LogP contribution in [-0.4, -0.2) is 37.1 Å². The number of rotatable bonds is 5. The Balaban J connectivity index is 2.27. The molecular weight excluding hydrogens is 300 g/mol. The third kappa shape index (κ3) is 4.79. The zero-order valence-corrected chi connectivity index (χ0v) is 15.5. The average Bonchev–Trinajstić information content (AvgIpc) is 2.52. The summed E-state index contributed by atoms with van der Waals surface area (Å²) in [5.41, 5.74) is 8.96. The lowest BCUT2D eigenvalue weighted by atomic mass is 9.94. The molecule has 0 bridgehead atoms. The predicted octanol–water partition coefficient (Wildman–Crippen LogP) is 3.59. The summed E-state index contributed by atoms with van der Waals surface area (Å²) in [6, 6.07) is 6.42. The van der Waals surface area contributed by atoms with Crippen molar-refractivity contribution < 1.29 is 4.79 Å². The number of nitrogens with one attached hydrogen (secondary N) is 1. The minimum Gasteiger partial charge on any atom is -0.399 e. The number of amides is 2. The molecule has 0 aromatic heterocycles. The fourth-order valence-corrected chi connectivity index (χ4v) is 3.44. The normalized spacial score (nSPS) is 15.4. The Morgan fingerprint density at radius 1 is 1.25 bits per heavy atom. The number of carbonyl (C=O) groups is 1. The highest BCUT2D eigenvalue weighted by atomic mass is 16.2. The zero-order valence-electron chi connectivity index (χ0n) is 15.5. The van der Waals surface area contributed by atoms with Crippen LogP contribution in [-0.2, 0) is 6.54 Å². The second-order valence-corrected chi connectivity index (χ2v) is 7.31. The highest BCUT2D eigenvalue weighted by Crippen LogP contribution is 2.28. The Labute approximate surface area is 146 Å². The highest BCUT2D eigenvalue weighted by Gasteiger charge is 2.26. The maximum atomic E-state index is 12.8. The summed E-state index contributed by atoms with van der Waals surface area (Å²) < 4.78 is 0. The summed E-state index contributed by atoms with van der Waals surface area (Å²) in [6.07, 6.45) is 5.86. The molecule has 0 aliphatic heterocycles. The molecule has 0 atom stereocenters. The van der Waals surface area contributed by atoms with Gasteiger partial charge in [0.05, 0.1) is 0 Å². The molecule has 1 fully saturated rings. The van der Waals surface area contributed by atoms with Gasteiger partial charge in [-0.1, -0.05) is 19.3 Å². The van der Waals surface area contributed by atoms with Crippen LogP contribution in [0.15, 0.2) is 18.2 Å². The van der Waals surface area contributed by atoms with E-state index in [0.29, 0.717) is 12.6 Å². The Bertz CT molecular complexity index is 550. The summed E-state index contributed by atoms with van der Waals surface area (Å²) >= 11 is 0. The SMILES string of the molecule is CC(C)NC(=O)N(Cc1cc(N)ccc1N(C)C)C1CCCCC1. The Morgan fingerprint density at radius 3 is 2.50 bits per heavy atom. The number of carbonyl (C=O) groups excluding carboxylic acids is 1. The van der Waals surface area contributed by atoms with Crippen molar-refractivity contribution in [2.75, 3.05) is 24.7 Å². The molecular formula is C19H32N4O. The van der Waals surface area contributed by atoms with Crippen LogP contribution in [0.4, 0.5) is 16.2 Å². The summed E-state index contributed by atoms with van der Waals surface area (Å²) in [7, 11) is 4.04. The largest absolute Gasteiger partial charge is 0.399 e. The van der Waals surface area contributed by atoms with Crippen LogP contribution in [0.25, 0.3) is 0 Å². The van der Waals surface area contributed by atoms with E-state index in [1.165, 1.54) is 19.3 Å². The number of hydrogen-bond donors (Lipinski definition) is 2. The van der Waals surface area contributed by atoms with Crippen LogP contribution in [0, 0.1) is 0 Å². The number of nitrogens with two attached hydrogens (primary N) is 1. The number of hydrogen-bond acceptors (Lipinski definition) is 3. The molecule has 0 heterocycles. The standard InChI is InChI=1S/C19H32N4O/c1-14(2)21-19(24)23(17-8-6-5-7-9-17)13-15-12-16(20)10-11-18(15)22(3)4/h10-12,14,17H,5-9,13,20H2,1-4H3,(H,21,24). The first-order valence-corrected chi connectivity index (χ1v) is 9.01. The number of benzene rings is 1. The summed E-state index contributed by atoms with van der Waals surface area (Å²) in [5, 5.41) is 3.07. The van der Waals surface area contributed by atoms with Crippen LogP contribution < -0.4 is 16.0 Å². The van der Waals surface area contributed by atoms with Crippen molar-refractivity contribution in [3.05, 3.63) is 23.8 Å². The minimum atomic E-state index is 0.0315. The zero-order chi connectivity index (χ0) is 17.7. The van der Waals surface area contributed by atoms with E-state index in [1.54, 1.807) is 0 Å². The van der Waals surface area contributed by atoms with E-state index in [9.17, 15) is 4.79 Å². The number of nitrogens with zero attached hydrogens (tertiary/aromatic N) is 2. The fraction of sp³-hybridized carbons (Fsp3) is 0.632. The van der Waals surface area contributed by atoms with Gasteiger partial charge in [0, 0.05) is 44.1 Å². The van der Waals surface area contributed by atoms with Crippen molar-refractivity contribution in [3.8, 4) is 0 Å². The minimum absolute atomic E-state index is 0.0315. The van der Waals surface area contributed by atoms with Crippen LogP contribution in [0.1, 0.15) is 51.5 Å². The van der Waals surface area contributed by atoms with E-state index < -0.39 is 0 Å². The number of anilines is 2. The third-order valence-corrected chi connectivity index (χ3v) is 4.61. The molecule has 1 aliphatic carbocycles. The summed E-state index contributed by atoms with van der Waals surface area (Å²) in [6.45, 7) is 4.60. The van der Waals surface area contributed by atoms with Crippen LogP contribution in [0.3, 0.4) is 0 Å². The van der Waals surface area contributed by atoms with Crippen LogP contribution in [0.2, 0.25) is 0 Å². The topological polar surface area (TPSA) is 61.6 Å². The first kappa shape index (κ1) is 18.4. The first-order chi connectivity index (χ1) is 11.4. The van der Waals surface area contributed by atoms with Gasteiger partial charge in [-0.3, -0.25) is 0 Å². The smallest absolute Gasteiger partial charge is 0.318 e. The van der Waals surface area contributed by atoms with Gasteiger partial charge in [-0.2, -0.15) is 0 Å². The molecule has 2 amide bonds. The number of urea groups is 1. The van der Waals surface area contributed by atoms with E-state index in [4.69, 9.17) is 5.73 Å². The number of nitrogen functional groups attached to an aromatic ring is 1. The highest BCUT2D eigenvalue weighted by molar-refractivity contribution is 5.75. The van der Waals surface area contributed by atoms with Crippen molar-refractivity contribution in [2.24, 2.45) is 0 Å². The first-order valence-electron chi connectivity index (χ1n) is 9.01. The van der Waals surface area contributed by atoms with Gasteiger partial charge in [-0.25, -0.2) is 4.79 Å². The van der Waals surface area contributed by atoms with Gasteiger partial charge in [0.15, 0.2) is 0 Å². The van der Waals surface area contributed by atoms with E-state index in [-0.39, 0.29) is 12.1 Å². The van der Waals surface area contributed by atoms with Crippen molar-refractivity contribution >= 4 is 17.4 Å². The fourth-order valence-electron chi connectivity index (χ4n) is 3.44. The lowest BCUT2D eigenvalue weighted by Crippen LogP contribution is -2.48. The second kappa shape index (κ2) is 8.27. The molecule has 1 saturated carbocycles. The Kier molecular flexibility index (Phi) is 6.35. The quantitative estimate of drug-likeness (QED) is 0.810. The summed E-state index contributed by atoms with van der Waals surface area (Å²) in [4.78, 5) is 16.9. The maximum Gasteiger partial charge on any atom is 0.318 e. The van der Waals surface area contributed by atoms with Crippen molar-refractivity contribution in [1.82, 2.24) is 10.2 Å². The summed E-state index contributed by atoms with van der Waals surface area (Å²) in [5.74, 6) is 0. The average molecular weight is 332 g/mol. The molecule has 0 spiro atoms. The maximum absolute atomic E-state index is 12.8. The molecule has 134 valence electrons. The molecule has 3 N–H and O–H groups in total. The lowest BCUT2D eigenvalue weighted by Gasteiger charge is -2.36. The van der Waals surface area contributed by atoms with Crippen molar-refractivity contribution in [1.29, 1.82) is 0 Å². The molecule has 0 saturated heterocycles. The van der Waals surface area contributed by atoms with Gasteiger partial charge in [-0.05, 0) is 50.5 Å². The van der Waals surface area contributed by atoms with Crippen LogP contribution >= 0.6 is 0 Å². The van der Waals surface area contributed by atoms with Crippen molar-refractivity contribution in [2.45, 2.75) is 64.6 Å². The molecule has 5 heteroatoms. The third-order valence-electron chi connectivity index (χ3n) is 4.61. The molecule has 0 radical (unpaired) electrons. The predicted molar refractivity (Wildman–Crippen MR) is 101 cm³/mol. The van der Waals surface area contributed by atoms with Crippen molar-refractivity contribution in [3.63, 3.8) is 0 Å².